The van der Waals surface area contributed by atoms with E-state index in [9.17, 15) is 0 Å². The van der Waals surface area contributed by atoms with E-state index in [-0.39, 0.29) is 0 Å². The van der Waals surface area contributed by atoms with E-state index in [2.05, 4.69) is 19.9 Å². The minimum atomic E-state index is 0.681. The van der Waals surface area contributed by atoms with Crippen molar-refractivity contribution in [2.24, 2.45) is 11.8 Å². The molecule has 0 N–H and O–H groups in total. The maximum atomic E-state index is 6.31. The number of rotatable bonds is 4. The molecule has 0 aromatic heterocycles. The van der Waals surface area contributed by atoms with Crippen molar-refractivity contribution in [3.63, 3.8) is 0 Å². The first-order chi connectivity index (χ1) is 8.66. The SMILES string of the molecule is CC(C)[C@H]1CCc2c1ccc(Cl)c2OCC1CC1. The third kappa shape index (κ3) is 2.25. The highest BCUT2D eigenvalue weighted by molar-refractivity contribution is 6.32. The van der Waals surface area contributed by atoms with Crippen LogP contribution in [0.1, 0.15) is 50.2 Å². The van der Waals surface area contributed by atoms with Gasteiger partial charge in [-0.15, -0.1) is 0 Å². The number of benzene rings is 1. The van der Waals surface area contributed by atoms with Crippen LogP contribution in [0.25, 0.3) is 0 Å². The first-order valence-electron chi connectivity index (χ1n) is 7.11. The molecule has 0 aliphatic heterocycles. The zero-order chi connectivity index (χ0) is 12.7. The minimum absolute atomic E-state index is 0.681. The van der Waals surface area contributed by atoms with Crippen molar-refractivity contribution in [1.82, 2.24) is 0 Å². The molecule has 2 aliphatic carbocycles. The molecule has 0 radical (unpaired) electrons. The van der Waals surface area contributed by atoms with Crippen molar-refractivity contribution in [1.29, 1.82) is 0 Å². The second-order valence-corrected chi connectivity index (χ2v) is 6.50. The Labute approximate surface area is 114 Å². The second kappa shape index (κ2) is 4.77. The van der Waals surface area contributed by atoms with Crippen LogP contribution in [-0.2, 0) is 6.42 Å². The van der Waals surface area contributed by atoms with Crippen LogP contribution in [0.5, 0.6) is 5.75 Å². The maximum absolute atomic E-state index is 6.31. The van der Waals surface area contributed by atoms with Crippen LogP contribution in [0, 0.1) is 11.8 Å². The average Bonchev–Trinajstić information content (AvgIpc) is 3.05. The summed E-state index contributed by atoms with van der Waals surface area (Å²) in [4.78, 5) is 0. The standard InChI is InChI=1S/C16H21ClO/c1-10(2)12-5-6-14-13(12)7-8-15(17)16(14)18-9-11-3-4-11/h7-8,10-12H,3-6,9H2,1-2H3/t12-/m1/s1. The van der Waals surface area contributed by atoms with Gasteiger partial charge in [0.15, 0.2) is 0 Å². The summed E-state index contributed by atoms with van der Waals surface area (Å²) in [5, 5.41) is 0.791. The van der Waals surface area contributed by atoms with Crippen molar-refractivity contribution in [3.05, 3.63) is 28.3 Å². The number of hydrogen-bond acceptors (Lipinski definition) is 1. The van der Waals surface area contributed by atoms with Gasteiger partial charge in [0.2, 0.25) is 0 Å². The summed E-state index contributed by atoms with van der Waals surface area (Å²) in [5.41, 5.74) is 2.85. The van der Waals surface area contributed by atoms with Gasteiger partial charge in [0.05, 0.1) is 11.6 Å². The molecule has 0 unspecified atom stereocenters. The van der Waals surface area contributed by atoms with Gasteiger partial charge in [0.25, 0.3) is 0 Å². The molecule has 1 nitrogen and oxygen atoms in total. The lowest BCUT2D eigenvalue weighted by molar-refractivity contribution is 0.297. The lowest BCUT2D eigenvalue weighted by Gasteiger charge is -2.17. The van der Waals surface area contributed by atoms with E-state index >= 15 is 0 Å². The van der Waals surface area contributed by atoms with Crippen LogP contribution >= 0.6 is 11.6 Å². The molecule has 18 heavy (non-hydrogen) atoms. The van der Waals surface area contributed by atoms with Crippen molar-refractivity contribution >= 4 is 11.6 Å². The van der Waals surface area contributed by atoms with Gasteiger partial charge in [-0.3, -0.25) is 0 Å². The fourth-order valence-corrected chi connectivity index (χ4v) is 3.24. The van der Waals surface area contributed by atoms with Gasteiger partial charge in [0, 0.05) is 0 Å². The Morgan fingerprint density at radius 1 is 1.28 bits per heavy atom. The molecule has 1 saturated carbocycles. The molecule has 0 spiro atoms. The van der Waals surface area contributed by atoms with Crippen LogP contribution in [0.3, 0.4) is 0 Å². The van der Waals surface area contributed by atoms with Crippen molar-refractivity contribution in [3.8, 4) is 5.75 Å². The lowest BCUT2D eigenvalue weighted by Crippen LogP contribution is -2.04. The molecule has 1 aromatic rings. The van der Waals surface area contributed by atoms with Crippen molar-refractivity contribution < 1.29 is 4.74 Å². The third-order valence-electron chi connectivity index (χ3n) is 4.32. The Hall–Kier alpha value is -0.690. The van der Waals surface area contributed by atoms with Crippen LogP contribution in [0.15, 0.2) is 12.1 Å². The smallest absolute Gasteiger partial charge is 0.141 e. The van der Waals surface area contributed by atoms with E-state index in [1.807, 2.05) is 6.07 Å². The molecule has 1 fully saturated rings. The van der Waals surface area contributed by atoms with E-state index in [0.717, 1.165) is 29.7 Å². The summed E-state index contributed by atoms with van der Waals surface area (Å²) in [6.45, 7) is 5.46. The minimum Gasteiger partial charge on any atom is -0.491 e. The van der Waals surface area contributed by atoms with Crippen molar-refractivity contribution in [2.75, 3.05) is 6.61 Å². The van der Waals surface area contributed by atoms with E-state index in [1.165, 1.54) is 30.4 Å². The van der Waals surface area contributed by atoms with Crippen LogP contribution in [0.2, 0.25) is 5.02 Å². The van der Waals surface area contributed by atoms with Gasteiger partial charge >= 0.3 is 0 Å². The molecule has 0 saturated heterocycles. The molecular formula is C16H21ClO. The Bertz CT molecular complexity index is 449. The van der Waals surface area contributed by atoms with E-state index in [1.54, 1.807) is 0 Å². The highest BCUT2D eigenvalue weighted by Gasteiger charge is 2.29. The topological polar surface area (TPSA) is 9.23 Å². The van der Waals surface area contributed by atoms with Gasteiger partial charge in [-0.1, -0.05) is 31.5 Å². The normalized spacial score (nSPS) is 22.3. The molecule has 98 valence electrons. The monoisotopic (exact) mass is 264 g/mol. The molecule has 3 rings (SSSR count). The largest absolute Gasteiger partial charge is 0.491 e. The van der Waals surface area contributed by atoms with Gasteiger partial charge in [-0.2, -0.15) is 0 Å². The fraction of sp³-hybridized carbons (Fsp3) is 0.625. The molecular weight excluding hydrogens is 244 g/mol. The second-order valence-electron chi connectivity index (χ2n) is 6.09. The van der Waals surface area contributed by atoms with E-state index < -0.39 is 0 Å². The predicted molar refractivity (Wildman–Crippen MR) is 75.6 cm³/mol. The van der Waals surface area contributed by atoms with Gasteiger partial charge in [0.1, 0.15) is 5.75 Å². The van der Waals surface area contributed by atoms with Crippen LogP contribution in [0.4, 0.5) is 0 Å². The first kappa shape index (κ1) is 12.3. The molecule has 2 aliphatic rings. The number of fused-ring (bicyclic) bond motifs is 1. The molecule has 1 atom stereocenters. The van der Waals surface area contributed by atoms with Crippen molar-refractivity contribution in [2.45, 2.75) is 45.4 Å². The number of ether oxygens (including phenoxy) is 1. The number of hydrogen-bond donors (Lipinski definition) is 0. The summed E-state index contributed by atoms with van der Waals surface area (Å²) in [7, 11) is 0. The zero-order valence-electron chi connectivity index (χ0n) is 11.2. The van der Waals surface area contributed by atoms with Gasteiger partial charge < -0.3 is 4.74 Å². The molecule has 2 heteroatoms. The summed E-state index contributed by atoms with van der Waals surface area (Å²) in [6.07, 6.45) is 5.01. The highest BCUT2D eigenvalue weighted by Crippen LogP contribution is 2.45. The Balaban J connectivity index is 1.88. The summed E-state index contributed by atoms with van der Waals surface area (Å²) in [5.74, 6) is 3.13. The van der Waals surface area contributed by atoms with Crippen LogP contribution < -0.4 is 4.74 Å². The van der Waals surface area contributed by atoms with Gasteiger partial charge in [-0.25, -0.2) is 0 Å². The zero-order valence-corrected chi connectivity index (χ0v) is 12.0. The van der Waals surface area contributed by atoms with E-state index in [4.69, 9.17) is 16.3 Å². The molecule has 1 aromatic carbocycles. The summed E-state index contributed by atoms with van der Waals surface area (Å²) in [6, 6.07) is 4.22. The Morgan fingerprint density at radius 2 is 2.06 bits per heavy atom. The average molecular weight is 265 g/mol. The summed E-state index contributed by atoms with van der Waals surface area (Å²) < 4.78 is 6.00. The summed E-state index contributed by atoms with van der Waals surface area (Å²) >= 11 is 6.31. The van der Waals surface area contributed by atoms with E-state index in [0.29, 0.717) is 11.8 Å². The molecule has 0 heterocycles. The highest BCUT2D eigenvalue weighted by atomic mass is 35.5. The number of halogens is 1. The third-order valence-corrected chi connectivity index (χ3v) is 4.62. The molecule has 0 amide bonds. The molecule has 0 bridgehead atoms. The van der Waals surface area contributed by atoms with Crippen LogP contribution in [-0.4, -0.2) is 6.61 Å². The van der Waals surface area contributed by atoms with Gasteiger partial charge in [-0.05, 0) is 60.6 Å². The lowest BCUT2D eigenvalue weighted by atomic mass is 9.90. The Morgan fingerprint density at radius 3 is 2.72 bits per heavy atom. The quantitative estimate of drug-likeness (QED) is 0.758. The predicted octanol–water partition coefficient (Wildman–Crippen LogP) is 4.81. The fourth-order valence-electron chi connectivity index (χ4n) is 3.01. The maximum Gasteiger partial charge on any atom is 0.141 e. The first-order valence-corrected chi connectivity index (χ1v) is 7.48. The Kier molecular flexibility index (Phi) is 3.27.